The lowest BCUT2D eigenvalue weighted by Crippen LogP contribution is -2.27. The van der Waals surface area contributed by atoms with Gasteiger partial charge in [0.25, 0.3) is 0 Å². The Kier molecular flexibility index (Phi) is 5.64. The molecule has 6 aliphatic carbocycles. The van der Waals surface area contributed by atoms with Gasteiger partial charge < -0.3 is 0 Å². The van der Waals surface area contributed by atoms with Crippen LogP contribution in [0.5, 0.6) is 0 Å². The van der Waals surface area contributed by atoms with Gasteiger partial charge in [0.1, 0.15) is 0 Å². The van der Waals surface area contributed by atoms with Gasteiger partial charge in [0.05, 0.1) is 5.52 Å². The summed E-state index contributed by atoms with van der Waals surface area (Å²) in [5, 5.41) is 3.71. The SMILES string of the molecule is c1ccc2c(c1)C1c3ccccc3C2c2cc(-c3c4ccccc4c(-c4ccc5c(c4)C4c6ccccc6C5c5ccccc54)c4ncccc34)ccc21. The molecule has 54 heavy (non-hydrogen) atoms. The Morgan fingerprint density at radius 3 is 1.06 bits per heavy atom. The molecule has 4 bridgehead atoms. The predicted molar refractivity (Wildman–Crippen MR) is 220 cm³/mol. The van der Waals surface area contributed by atoms with Crippen molar-refractivity contribution >= 4 is 21.7 Å². The fourth-order valence-electron chi connectivity index (χ4n) is 11.2. The Morgan fingerprint density at radius 2 is 0.611 bits per heavy atom. The van der Waals surface area contributed by atoms with E-state index in [0.29, 0.717) is 0 Å². The summed E-state index contributed by atoms with van der Waals surface area (Å²) in [5.41, 5.74) is 23.4. The van der Waals surface area contributed by atoms with E-state index in [1.165, 1.54) is 105 Å². The monoisotopic (exact) mass is 683 g/mol. The van der Waals surface area contributed by atoms with Gasteiger partial charge in [0.2, 0.25) is 0 Å². The van der Waals surface area contributed by atoms with Gasteiger partial charge in [-0.1, -0.05) is 152 Å². The van der Waals surface area contributed by atoms with Gasteiger partial charge in [-0.3, -0.25) is 4.98 Å². The summed E-state index contributed by atoms with van der Waals surface area (Å²) < 4.78 is 0. The number of rotatable bonds is 2. The van der Waals surface area contributed by atoms with Crippen molar-refractivity contribution in [3.8, 4) is 22.3 Å². The number of nitrogens with zero attached hydrogens (tertiary/aromatic N) is 1. The van der Waals surface area contributed by atoms with Crippen LogP contribution in [0.1, 0.15) is 90.4 Å². The Labute approximate surface area is 314 Å². The Bertz CT molecular complexity index is 2730. The molecule has 1 nitrogen and oxygen atoms in total. The minimum absolute atomic E-state index is 0.225. The summed E-state index contributed by atoms with van der Waals surface area (Å²) in [4.78, 5) is 5.21. The van der Waals surface area contributed by atoms with Crippen LogP contribution in [0.2, 0.25) is 0 Å². The molecule has 6 aliphatic rings. The van der Waals surface area contributed by atoms with Crippen LogP contribution in [0.15, 0.2) is 176 Å². The van der Waals surface area contributed by atoms with E-state index < -0.39 is 0 Å². The van der Waals surface area contributed by atoms with Gasteiger partial charge in [0, 0.05) is 40.8 Å². The van der Waals surface area contributed by atoms with Gasteiger partial charge in [-0.25, -0.2) is 0 Å². The number of fused-ring (bicyclic) bond motifs is 2. The smallest absolute Gasteiger partial charge is 0.0792 e. The van der Waals surface area contributed by atoms with E-state index in [1.54, 1.807) is 0 Å². The first kappa shape index (κ1) is 28.9. The van der Waals surface area contributed by atoms with Crippen LogP contribution >= 0.6 is 0 Å². The maximum Gasteiger partial charge on any atom is 0.0792 e. The van der Waals surface area contributed by atoms with Crippen LogP contribution in [0.4, 0.5) is 0 Å². The zero-order valence-corrected chi connectivity index (χ0v) is 29.5. The molecule has 0 saturated heterocycles. The number of aromatic nitrogens is 1. The van der Waals surface area contributed by atoms with Crippen molar-refractivity contribution in [2.45, 2.75) is 23.7 Å². The van der Waals surface area contributed by atoms with E-state index >= 15 is 0 Å². The largest absolute Gasteiger partial charge is 0.256 e. The third-order valence-corrected chi connectivity index (χ3v) is 13.2. The molecule has 0 saturated carbocycles. The maximum absolute atomic E-state index is 5.21. The lowest BCUT2D eigenvalue weighted by molar-refractivity contribution is 0.755. The predicted octanol–water partition coefficient (Wildman–Crippen LogP) is 12.7. The molecule has 0 spiro atoms. The van der Waals surface area contributed by atoms with Crippen molar-refractivity contribution in [3.63, 3.8) is 0 Å². The standard InChI is InChI=1S/C53H33N/c1-2-13-33-32(12-1)47(30-23-25-42-45(28-30)51-38-18-7-3-14-34(38)49(42)35-15-4-8-19-39(35)51)44-22-11-27-54-53(44)48(33)31-24-26-43-46(29-31)52-40-20-9-5-16-36(40)50(43)37-17-6-10-21-41(37)52/h1-29,49-52H. The average Bonchev–Trinajstić information content (AvgIpc) is 3.24. The molecule has 15 rings (SSSR count). The third kappa shape index (κ3) is 3.62. The number of hydrogen-bond donors (Lipinski definition) is 0. The first-order valence-corrected chi connectivity index (χ1v) is 19.3. The molecule has 250 valence electrons. The second-order valence-electron chi connectivity index (χ2n) is 15.6. The first-order valence-electron chi connectivity index (χ1n) is 19.3. The summed E-state index contributed by atoms with van der Waals surface area (Å²) in [6.07, 6.45) is 1.97. The number of pyridine rings is 1. The average molecular weight is 684 g/mol. The maximum atomic E-state index is 5.21. The lowest BCUT2D eigenvalue weighted by atomic mass is 9.61. The highest BCUT2D eigenvalue weighted by atomic mass is 14.7. The molecule has 0 atom stereocenters. The molecule has 0 radical (unpaired) electrons. The summed E-state index contributed by atoms with van der Waals surface area (Å²) >= 11 is 0. The number of benzene rings is 8. The molecule has 9 aromatic rings. The molecule has 8 aromatic carbocycles. The molecular weight excluding hydrogens is 651 g/mol. The van der Waals surface area contributed by atoms with Crippen LogP contribution in [-0.4, -0.2) is 4.98 Å². The summed E-state index contributed by atoms with van der Waals surface area (Å²) in [7, 11) is 0. The summed E-state index contributed by atoms with van der Waals surface area (Å²) in [6.45, 7) is 0. The van der Waals surface area contributed by atoms with E-state index in [-0.39, 0.29) is 23.7 Å². The second kappa shape index (κ2) is 10.5. The first-order chi connectivity index (χ1) is 26.8. The van der Waals surface area contributed by atoms with Gasteiger partial charge in [-0.05, 0) is 112 Å². The van der Waals surface area contributed by atoms with Crippen molar-refractivity contribution in [1.29, 1.82) is 0 Å². The van der Waals surface area contributed by atoms with Gasteiger partial charge >= 0.3 is 0 Å². The second-order valence-corrected chi connectivity index (χ2v) is 15.6. The summed E-state index contributed by atoms with van der Waals surface area (Å²) in [5.74, 6) is 0.984. The highest BCUT2D eigenvalue weighted by Gasteiger charge is 2.42. The van der Waals surface area contributed by atoms with Crippen molar-refractivity contribution < 1.29 is 0 Å². The Morgan fingerprint density at radius 1 is 0.278 bits per heavy atom. The van der Waals surface area contributed by atoms with E-state index in [9.17, 15) is 0 Å². The van der Waals surface area contributed by atoms with Gasteiger partial charge in [0.15, 0.2) is 0 Å². The molecule has 1 heterocycles. The molecule has 1 aromatic heterocycles. The Balaban J connectivity index is 1.03. The minimum atomic E-state index is 0.225. The van der Waals surface area contributed by atoms with Gasteiger partial charge in [-0.2, -0.15) is 0 Å². The normalized spacial score (nSPS) is 19.1. The molecule has 0 amide bonds. The van der Waals surface area contributed by atoms with Gasteiger partial charge in [-0.15, -0.1) is 0 Å². The minimum Gasteiger partial charge on any atom is -0.256 e. The molecule has 0 aliphatic heterocycles. The lowest BCUT2D eigenvalue weighted by Gasteiger charge is -2.42. The molecular formula is C53H33N. The third-order valence-electron chi connectivity index (χ3n) is 13.2. The van der Waals surface area contributed by atoms with Crippen LogP contribution in [-0.2, 0) is 0 Å². The van der Waals surface area contributed by atoms with E-state index in [4.69, 9.17) is 4.98 Å². The van der Waals surface area contributed by atoms with E-state index in [1.807, 2.05) is 6.20 Å². The Hall–Kier alpha value is -6.57. The molecule has 0 N–H and O–H groups in total. The highest BCUT2D eigenvalue weighted by molar-refractivity contribution is 6.20. The van der Waals surface area contributed by atoms with Crippen LogP contribution in [0.3, 0.4) is 0 Å². The molecule has 1 heteroatoms. The molecule has 0 unspecified atom stereocenters. The fourth-order valence-corrected chi connectivity index (χ4v) is 11.2. The fraction of sp³-hybridized carbons (Fsp3) is 0.0755. The topological polar surface area (TPSA) is 12.9 Å². The van der Waals surface area contributed by atoms with Crippen LogP contribution < -0.4 is 0 Å². The highest BCUT2D eigenvalue weighted by Crippen LogP contribution is 2.58. The quantitative estimate of drug-likeness (QED) is 0.165. The van der Waals surface area contributed by atoms with Crippen molar-refractivity contribution in [2.75, 3.05) is 0 Å². The molecule has 0 fully saturated rings. The van der Waals surface area contributed by atoms with Crippen LogP contribution in [0.25, 0.3) is 43.9 Å². The van der Waals surface area contributed by atoms with Crippen molar-refractivity contribution in [1.82, 2.24) is 4.98 Å². The zero-order chi connectivity index (χ0) is 35.1. The van der Waals surface area contributed by atoms with E-state index in [0.717, 1.165) is 5.52 Å². The van der Waals surface area contributed by atoms with Crippen molar-refractivity contribution in [2.24, 2.45) is 0 Å². The van der Waals surface area contributed by atoms with Crippen LogP contribution in [0, 0.1) is 0 Å². The summed E-state index contributed by atoms with van der Waals surface area (Å²) in [6, 6.07) is 64.4. The zero-order valence-electron chi connectivity index (χ0n) is 29.5. The van der Waals surface area contributed by atoms with E-state index in [2.05, 4.69) is 170 Å². The number of hydrogen-bond acceptors (Lipinski definition) is 1. The van der Waals surface area contributed by atoms with Crippen molar-refractivity contribution in [3.05, 3.63) is 243 Å².